The third-order valence-corrected chi connectivity index (χ3v) is 5.36. The lowest BCUT2D eigenvalue weighted by molar-refractivity contribution is 0.261. The van der Waals surface area contributed by atoms with Crippen molar-refractivity contribution in [2.45, 2.75) is 0 Å². The fourth-order valence-corrected chi connectivity index (χ4v) is 3.52. The van der Waals surface area contributed by atoms with Gasteiger partial charge in [-0.3, -0.25) is 0 Å². The molecule has 8 heteroatoms. The van der Waals surface area contributed by atoms with Gasteiger partial charge in [-0.1, -0.05) is 17.7 Å². The van der Waals surface area contributed by atoms with Gasteiger partial charge in [-0.05, 0) is 68.2 Å². The van der Waals surface area contributed by atoms with Crippen LogP contribution in [0.4, 0.5) is 5.95 Å². The van der Waals surface area contributed by atoms with Gasteiger partial charge in [-0.15, -0.1) is 0 Å². The Bertz CT molecular complexity index is 1240. The van der Waals surface area contributed by atoms with Crippen molar-refractivity contribution in [1.82, 2.24) is 14.9 Å². The summed E-state index contributed by atoms with van der Waals surface area (Å²) in [6.45, 7) is 1.47. The predicted molar refractivity (Wildman–Crippen MR) is 131 cm³/mol. The van der Waals surface area contributed by atoms with Crippen LogP contribution in [0.1, 0.15) is 0 Å². The van der Waals surface area contributed by atoms with Gasteiger partial charge in [0.15, 0.2) is 5.76 Å². The molecule has 0 atom stereocenters. The Morgan fingerprint density at radius 1 is 1.03 bits per heavy atom. The summed E-state index contributed by atoms with van der Waals surface area (Å²) in [5.41, 5.74) is 9.03. The third-order valence-electron chi connectivity index (χ3n) is 5.05. The van der Waals surface area contributed by atoms with E-state index in [1.54, 1.807) is 25.4 Å². The number of aromatic nitrogens is 2. The number of rotatable bonds is 8. The number of hydrogen-bond acceptors (Lipinski definition) is 7. The average Bonchev–Trinajstić information content (AvgIpc) is 3.25. The highest BCUT2D eigenvalue weighted by molar-refractivity contribution is 6.32. The van der Waals surface area contributed by atoms with E-state index < -0.39 is 0 Å². The number of halogens is 1. The SMILES string of the molecule is COc1cc(-c2cc(-c3ccc(OCCN(C)C)cc3)oc2-c2ccnc(N)n2)ccc1Cl. The maximum absolute atomic E-state index is 6.29. The van der Waals surface area contributed by atoms with Gasteiger partial charge in [0.25, 0.3) is 0 Å². The van der Waals surface area contributed by atoms with Crippen LogP contribution in [0.3, 0.4) is 0 Å². The molecule has 0 radical (unpaired) electrons. The number of methoxy groups -OCH3 is 1. The molecule has 2 aromatic carbocycles. The van der Waals surface area contributed by atoms with Crippen LogP contribution in [0.5, 0.6) is 11.5 Å². The maximum atomic E-state index is 6.29. The Labute approximate surface area is 197 Å². The summed E-state index contributed by atoms with van der Waals surface area (Å²) < 4.78 is 17.5. The van der Waals surface area contributed by atoms with E-state index in [1.807, 2.05) is 56.6 Å². The second kappa shape index (κ2) is 9.94. The largest absolute Gasteiger partial charge is 0.495 e. The van der Waals surface area contributed by atoms with Crippen LogP contribution in [0.15, 0.2) is 65.2 Å². The summed E-state index contributed by atoms with van der Waals surface area (Å²) in [6, 6.07) is 17.1. The zero-order valence-electron chi connectivity index (χ0n) is 18.7. The van der Waals surface area contributed by atoms with Gasteiger partial charge in [0, 0.05) is 23.9 Å². The molecule has 0 unspecified atom stereocenters. The molecule has 0 aliphatic heterocycles. The quantitative estimate of drug-likeness (QED) is 0.380. The van der Waals surface area contributed by atoms with Crippen LogP contribution in [-0.2, 0) is 0 Å². The first-order chi connectivity index (χ1) is 15.9. The van der Waals surface area contributed by atoms with Crippen molar-refractivity contribution in [3.8, 4) is 45.4 Å². The van der Waals surface area contributed by atoms with Crippen LogP contribution in [0.2, 0.25) is 5.02 Å². The molecular weight excluding hydrogens is 440 g/mol. The number of furan rings is 1. The minimum atomic E-state index is 0.171. The van der Waals surface area contributed by atoms with Crippen LogP contribution < -0.4 is 15.2 Å². The summed E-state index contributed by atoms with van der Waals surface area (Å²) >= 11 is 6.23. The second-order valence-electron chi connectivity index (χ2n) is 7.68. The number of hydrogen-bond donors (Lipinski definition) is 1. The summed E-state index contributed by atoms with van der Waals surface area (Å²) in [5, 5.41) is 0.530. The van der Waals surface area contributed by atoms with E-state index in [9.17, 15) is 0 Å². The molecule has 0 aliphatic carbocycles. The molecule has 0 saturated carbocycles. The summed E-state index contributed by atoms with van der Waals surface area (Å²) in [6.07, 6.45) is 1.60. The van der Waals surface area contributed by atoms with E-state index >= 15 is 0 Å². The minimum absolute atomic E-state index is 0.171. The Morgan fingerprint density at radius 2 is 1.79 bits per heavy atom. The number of nitrogens with zero attached hydrogens (tertiary/aromatic N) is 3. The maximum Gasteiger partial charge on any atom is 0.220 e. The topological polar surface area (TPSA) is 86.6 Å². The zero-order valence-corrected chi connectivity index (χ0v) is 19.5. The molecule has 170 valence electrons. The molecule has 0 fully saturated rings. The Balaban J connectivity index is 1.72. The van der Waals surface area contributed by atoms with Gasteiger partial charge in [0.2, 0.25) is 5.95 Å². The van der Waals surface area contributed by atoms with E-state index in [0.717, 1.165) is 29.0 Å². The summed E-state index contributed by atoms with van der Waals surface area (Å²) in [4.78, 5) is 10.4. The second-order valence-corrected chi connectivity index (χ2v) is 8.09. The van der Waals surface area contributed by atoms with E-state index in [4.69, 9.17) is 31.2 Å². The zero-order chi connectivity index (χ0) is 23.4. The van der Waals surface area contributed by atoms with Crippen molar-refractivity contribution in [1.29, 1.82) is 0 Å². The highest BCUT2D eigenvalue weighted by Gasteiger charge is 2.19. The lowest BCUT2D eigenvalue weighted by Gasteiger charge is -2.11. The number of anilines is 1. The first-order valence-corrected chi connectivity index (χ1v) is 10.8. The Kier molecular flexibility index (Phi) is 6.82. The molecule has 4 rings (SSSR count). The van der Waals surface area contributed by atoms with Crippen molar-refractivity contribution in [3.05, 3.63) is 65.8 Å². The van der Waals surface area contributed by atoms with Gasteiger partial charge >= 0.3 is 0 Å². The normalized spacial score (nSPS) is 11.1. The monoisotopic (exact) mass is 464 g/mol. The van der Waals surface area contributed by atoms with Gasteiger partial charge in [-0.25, -0.2) is 9.97 Å². The van der Waals surface area contributed by atoms with E-state index in [2.05, 4.69) is 14.9 Å². The van der Waals surface area contributed by atoms with Gasteiger partial charge < -0.3 is 24.5 Å². The van der Waals surface area contributed by atoms with E-state index in [1.165, 1.54) is 0 Å². The van der Waals surface area contributed by atoms with Crippen molar-refractivity contribution < 1.29 is 13.9 Å². The number of nitrogens with two attached hydrogens (primary N) is 1. The summed E-state index contributed by atoms with van der Waals surface area (Å²) in [7, 11) is 5.61. The fraction of sp³-hybridized carbons (Fsp3) is 0.200. The van der Waals surface area contributed by atoms with E-state index in [0.29, 0.717) is 34.6 Å². The third kappa shape index (κ3) is 5.27. The number of likely N-dealkylation sites (N-methyl/N-ethyl adjacent to an activating group) is 1. The van der Waals surface area contributed by atoms with Crippen LogP contribution >= 0.6 is 11.6 Å². The highest BCUT2D eigenvalue weighted by atomic mass is 35.5. The molecule has 0 bridgehead atoms. The van der Waals surface area contributed by atoms with Crippen molar-refractivity contribution >= 4 is 17.5 Å². The summed E-state index contributed by atoms with van der Waals surface area (Å²) in [5.74, 6) is 2.81. The first-order valence-electron chi connectivity index (χ1n) is 10.4. The molecule has 2 N–H and O–H groups in total. The lowest BCUT2D eigenvalue weighted by atomic mass is 10.0. The molecule has 2 heterocycles. The molecule has 0 amide bonds. The minimum Gasteiger partial charge on any atom is -0.495 e. The van der Waals surface area contributed by atoms with Crippen LogP contribution in [0.25, 0.3) is 33.9 Å². The highest BCUT2D eigenvalue weighted by Crippen LogP contribution is 2.40. The van der Waals surface area contributed by atoms with Gasteiger partial charge in [0.05, 0.1) is 12.1 Å². The Hall–Kier alpha value is -3.55. The number of ether oxygens (including phenoxy) is 2. The first kappa shape index (κ1) is 22.6. The smallest absolute Gasteiger partial charge is 0.220 e. The van der Waals surface area contributed by atoms with Crippen LogP contribution in [-0.4, -0.2) is 49.2 Å². The van der Waals surface area contributed by atoms with Gasteiger partial charge in [0.1, 0.15) is 29.6 Å². The number of nitrogen functional groups attached to an aromatic ring is 1. The lowest BCUT2D eigenvalue weighted by Crippen LogP contribution is -2.19. The van der Waals surface area contributed by atoms with Crippen LogP contribution in [0, 0.1) is 0 Å². The molecule has 4 aromatic rings. The molecular formula is C25H25ClN4O3. The molecule has 0 saturated heterocycles. The van der Waals surface area contributed by atoms with Crippen molar-refractivity contribution in [2.24, 2.45) is 0 Å². The molecule has 0 aliphatic rings. The molecule has 33 heavy (non-hydrogen) atoms. The standard InChI is InChI=1S/C25H25ClN4O3/c1-30(2)12-13-32-18-7-4-16(5-8-18)22-15-19(17-6-9-20(26)23(14-17)31-3)24(33-22)21-10-11-28-25(27)29-21/h4-11,14-15H,12-13H2,1-3H3,(H2,27,28,29). The predicted octanol–water partition coefficient (Wildman–Crippen LogP) is 5.26. The Morgan fingerprint density at radius 3 is 2.48 bits per heavy atom. The fourth-order valence-electron chi connectivity index (χ4n) is 3.33. The van der Waals surface area contributed by atoms with Gasteiger partial charge in [-0.2, -0.15) is 0 Å². The van der Waals surface area contributed by atoms with Crippen molar-refractivity contribution in [2.75, 3.05) is 40.1 Å². The average molecular weight is 465 g/mol. The molecule has 2 aromatic heterocycles. The van der Waals surface area contributed by atoms with E-state index in [-0.39, 0.29) is 5.95 Å². The van der Waals surface area contributed by atoms with Crippen molar-refractivity contribution in [3.63, 3.8) is 0 Å². The molecule has 0 spiro atoms. The molecule has 7 nitrogen and oxygen atoms in total. The number of benzene rings is 2.